The zero-order valence-corrected chi connectivity index (χ0v) is 12.0. The molecule has 3 rings (SSSR count). The molecule has 0 amide bonds. The predicted octanol–water partition coefficient (Wildman–Crippen LogP) is 1.84. The van der Waals surface area contributed by atoms with Crippen molar-refractivity contribution >= 4 is 0 Å². The van der Waals surface area contributed by atoms with Crippen LogP contribution in [0.25, 0.3) is 0 Å². The van der Waals surface area contributed by atoms with Gasteiger partial charge in [0.15, 0.2) is 0 Å². The summed E-state index contributed by atoms with van der Waals surface area (Å²) in [4.78, 5) is 4.72. The number of nitrogens with zero attached hydrogens (tertiary/aromatic N) is 2. The Morgan fingerprint density at radius 3 is 3.05 bits per heavy atom. The van der Waals surface area contributed by atoms with E-state index in [9.17, 15) is 0 Å². The van der Waals surface area contributed by atoms with Crippen molar-refractivity contribution in [3.05, 3.63) is 17.2 Å². The summed E-state index contributed by atoms with van der Waals surface area (Å²) < 4.78 is 8.04. The van der Waals surface area contributed by atoms with E-state index in [1.54, 1.807) is 0 Å². The van der Waals surface area contributed by atoms with Gasteiger partial charge in [-0.1, -0.05) is 0 Å². The van der Waals surface area contributed by atoms with E-state index in [0.29, 0.717) is 6.10 Å². The number of hydrogen-bond donors (Lipinski definition) is 1. The standard InChI is InChI=1S/C15H25N3O/c1-12-17-14-6-2-3-7-15(14)18(12)9-8-16-11-13-5-4-10-19-13/h13,16H,2-11H2,1H3. The normalized spacial score (nSPS) is 22.7. The van der Waals surface area contributed by atoms with Crippen LogP contribution in [-0.4, -0.2) is 35.4 Å². The topological polar surface area (TPSA) is 39.1 Å². The summed E-state index contributed by atoms with van der Waals surface area (Å²) in [5, 5.41) is 3.53. The van der Waals surface area contributed by atoms with Gasteiger partial charge < -0.3 is 14.6 Å². The first-order chi connectivity index (χ1) is 9.34. The van der Waals surface area contributed by atoms with Gasteiger partial charge in [0.05, 0.1) is 11.8 Å². The van der Waals surface area contributed by atoms with Crippen molar-refractivity contribution in [3.63, 3.8) is 0 Å². The molecule has 0 radical (unpaired) electrons. The van der Waals surface area contributed by atoms with Gasteiger partial charge in [-0.05, 0) is 45.4 Å². The van der Waals surface area contributed by atoms with E-state index in [0.717, 1.165) is 26.2 Å². The lowest BCUT2D eigenvalue weighted by molar-refractivity contribution is 0.110. The van der Waals surface area contributed by atoms with Gasteiger partial charge in [0.25, 0.3) is 0 Å². The molecule has 2 aliphatic rings. The Morgan fingerprint density at radius 1 is 1.32 bits per heavy atom. The second-order valence-electron chi connectivity index (χ2n) is 5.75. The van der Waals surface area contributed by atoms with Crippen molar-refractivity contribution in [3.8, 4) is 0 Å². The van der Waals surface area contributed by atoms with E-state index < -0.39 is 0 Å². The minimum absolute atomic E-state index is 0.442. The third kappa shape index (κ3) is 3.00. The zero-order chi connectivity index (χ0) is 13.1. The summed E-state index contributed by atoms with van der Waals surface area (Å²) in [6.45, 7) is 6.14. The Labute approximate surface area is 115 Å². The largest absolute Gasteiger partial charge is 0.377 e. The SMILES string of the molecule is Cc1nc2c(n1CCNCC1CCCO1)CCCC2. The Hall–Kier alpha value is -0.870. The molecule has 0 aromatic carbocycles. The van der Waals surface area contributed by atoms with Crippen LogP contribution in [0.1, 0.15) is 42.9 Å². The molecule has 1 aliphatic heterocycles. The van der Waals surface area contributed by atoms with Crippen LogP contribution in [0.2, 0.25) is 0 Å². The molecule has 1 aliphatic carbocycles. The maximum absolute atomic E-state index is 5.62. The molecule has 4 nitrogen and oxygen atoms in total. The lowest BCUT2D eigenvalue weighted by atomic mass is 10.0. The summed E-state index contributed by atoms with van der Waals surface area (Å²) >= 11 is 0. The Morgan fingerprint density at radius 2 is 2.21 bits per heavy atom. The molecule has 0 saturated carbocycles. The average Bonchev–Trinajstić information content (AvgIpc) is 3.02. The van der Waals surface area contributed by atoms with Crippen molar-refractivity contribution in [2.75, 3.05) is 19.7 Å². The first kappa shape index (κ1) is 13.1. The van der Waals surface area contributed by atoms with E-state index in [4.69, 9.17) is 9.72 Å². The zero-order valence-electron chi connectivity index (χ0n) is 12.0. The number of ether oxygens (including phenoxy) is 1. The van der Waals surface area contributed by atoms with Crippen molar-refractivity contribution in [2.45, 2.75) is 58.1 Å². The summed E-state index contributed by atoms with van der Waals surface area (Å²) in [6, 6.07) is 0. The van der Waals surface area contributed by atoms with Crippen LogP contribution in [-0.2, 0) is 24.1 Å². The van der Waals surface area contributed by atoms with E-state index >= 15 is 0 Å². The highest BCUT2D eigenvalue weighted by molar-refractivity contribution is 5.19. The highest BCUT2D eigenvalue weighted by Gasteiger charge is 2.18. The van der Waals surface area contributed by atoms with E-state index in [-0.39, 0.29) is 0 Å². The van der Waals surface area contributed by atoms with Gasteiger partial charge in [-0.2, -0.15) is 0 Å². The van der Waals surface area contributed by atoms with Gasteiger partial charge in [0.2, 0.25) is 0 Å². The maximum Gasteiger partial charge on any atom is 0.106 e. The first-order valence-electron chi connectivity index (χ1n) is 7.72. The van der Waals surface area contributed by atoms with Gasteiger partial charge in [0, 0.05) is 31.9 Å². The van der Waals surface area contributed by atoms with Gasteiger partial charge in [-0.3, -0.25) is 0 Å². The maximum atomic E-state index is 5.62. The molecule has 0 bridgehead atoms. The van der Waals surface area contributed by atoms with Crippen LogP contribution in [0.3, 0.4) is 0 Å². The van der Waals surface area contributed by atoms with Gasteiger partial charge >= 0.3 is 0 Å². The number of aromatic nitrogens is 2. The molecule has 1 saturated heterocycles. The van der Waals surface area contributed by atoms with E-state index in [1.807, 2.05) is 0 Å². The van der Waals surface area contributed by atoms with Crippen molar-refractivity contribution < 1.29 is 4.74 Å². The number of hydrogen-bond acceptors (Lipinski definition) is 3. The number of imidazole rings is 1. The summed E-state index contributed by atoms with van der Waals surface area (Å²) in [7, 11) is 0. The number of rotatable bonds is 5. The van der Waals surface area contributed by atoms with Crippen LogP contribution in [0, 0.1) is 6.92 Å². The predicted molar refractivity (Wildman–Crippen MR) is 75.4 cm³/mol. The van der Waals surface area contributed by atoms with Crippen LogP contribution < -0.4 is 5.32 Å². The van der Waals surface area contributed by atoms with Crippen LogP contribution in [0.5, 0.6) is 0 Å². The summed E-state index contributed by atoms with van der Waals surface area (Å²) in [5.74, 6) is 1.19. The van der Waals surface area contributed by atoms with Crippen molar-refractivity contribution in [1.29, 1.82) is 0 Å². The van der Waals surface area contributed by atoms with Crippen LogP contribution in [0.4, 0.5) is 0 Å². The quantitative estimate of drug-likeness (QED) is 0.824. The Kier molecular flexibility index (Phi) is 4.18. The molecule has 1 aromatic heterocycles. The fourth-order valence-electron chi connectivity index (χ4n) is 3.29. The summed E-state index contributed by atoms with van der Waals surface area (Å²) in [5.41, 5.74) is 2.84. The molecule has 2 heterocycles. The highest BCUT2D eigenvalue weighted by atomic mass is 16.5. The van der Waals surface area contributed by atoms with Gasteiger partial charge in [-0.25, -0.2) is 4.98 Å². The molecular formula is C15H25N3O. The summed E-state index contributed by atoms with van der Waals surface area (Å²) in [6.07, 6.45) is 7.89. The van der Waals surface area contributed by atoms with E-state index in [1.165, 1.54) is 55.7 Å². The molecule has 1 aromatic rings. The molecule has 1 atom stereocenters. The minimum atomic E-state index is 0.442. The average molecular weight is 263 g/mol. The molecule has 1 fully saturated rings. The molecule has 106 valence electrons. The van der Waals surface area contributed by atoms with Gasteiger partial charge in [-0.15, -0.1) is 0 Å². The number of fused-ring (bicyclic) bond motifs is 1. The molecule has 19 heavy (non-hydrogen) atoms. The fourth-order valence-corrected chi connectivity index (χ4v) is 3.29. The Balaban J connectivity index is 1.50. The molecule has 1 N–H and O–H groups in total. The third-order valence-corrected chi connectivity index (χ3v) is 4.33. The molecule has 0 spiro atoms. The lowest BCUT2D eigenvalue weighted by Gasteiger charge is -2.16. The molecule has 4 heteroatoms. The highest BCUT2D eigenvalue weighted by Crippen LogP contribution is 2.21. The fraction of sp³-hybridized carbons (Fsp3) is 0.800. The van der Waals surface area contributed by atoms with Crippen molar-refractivity contribution in [1.82, 2.24) is 14.9 Å². The van der Waals surface area contributed by atoms with Crippen LogP contribution >= 0.6 is 0 Å². The number of nitrogens with one attached hydrogen (secondary N) is 1. The number of aryl methyl sites for hydroxylation is 2. The second-order valence-corrected chi connectivity index (χ2v) is 5.75. The monoisotopic (exact) mass is 263 g/mol. The molecular weight excluding hydrogens is 238 g/mol. The second kappa shape index (κ2) is 6.06. The van der Waals surface area contributed by atoms with E-state index in [2.05, 4.69) is 16.8 Å². The van der Waals surface area contributed by atoms with Gasteiger partial charge in [0.1, 0.15) is 5.82 Å². The molecule has 1 unspecified atom stereocenters. The Bertz CT molecular complexity index is 421. The smallest absolute Gasteiger partial charge is 0.106 e. The third-order valence-electron chi connectivity index (χ3n) is 4.33. The first-order valence-corrected chi connectivity index (χ1v) is 7.72. The lowest BCUT2D eigenvalue weighted by Crippen LogP contribution is -2.29. The van der Waals surface area contributed by atoms with Crippen molar-refractivity contribution in [2.24, 2.45) is 0 Å². The minimum Gasteiger partial charge on any atom is -0.377 e. The van der Waals surface area contributed by atoms with Crippen LogP contribution in [0.15, 0.2) is 0 Å².